The number of hydrogen-bond acceptors (Lipinski definition) is 7. The highest BCUT2D eigenvalue weighted by Gasteiger charge is 2.59. The monoisotopic (exact) mass is 958 g/mol. The molecule has 3 fully saturated rings. The van der Waals surface area contributed by atoms with E-state index in [0.717, 1.165) is 88.1 Å². The number of thiocarbonyl (C=S) groups is 1. The predicted molar refractivity (Wildman–Crippen MR) is 221 cm³/mol. The van der Waals surface area contributed by atoms with Crippen LogP contribution in [0.5, 0.6) is 11.5 Å². The zero-order valence-electron chi connectivity index (χ0n) is 28.8. The SMILES string of the molecule is CI.CSC1=NC2(CC3(CCCCCC3)Oc3ccc(Br)cc32)C(=O)N1C.O=C1NC(=S)NC12CC1(CCCCCC1)Oc1ccc(Br)cc12. The molecule has 270 valence electrons. The number of aliphatic imine (C=N–C) groups is 1. The first kappa shape index (κ1) is 38.3. The largest absolute Gasteiger partial charge is 0.487 e. The van der Waals surface area contributed by atoms with Crippen LogP contribution in [0.3, 0.4) is 0 Å². The molecule has 2 atom stereocenters. The maximum atomic E-state index is 13.4. The Hall–Kier alpha value is -1.42. The molecule has 2 unspecified atom stereocenters. The number of ether oxygens (including phenoxy) is 2. The number of halogens is 3. The first-order valence-corrected chi connectivity index (χ1v) is 22.8. The van der Waals surface area contributed by atoms with Gasteiger partial charge in [0.2, 0.25) is 0 Å². The highest BCUT2D eigenvalue weighted by Crippen LogP contribution is 2.54. The first-order valence-electron chi connectivity index (χ1n) is 17.4. The fourth-order valence-corrected chi connectivity index (χ4v) is 10.3. The highest BCUT2D eigenvalue weighted by molar-refractivity contribution is 14.1. The molecular weight excluding hydrogens is 915 g/mol. The zero-order chi connectivity index (χ0) is 35.7. The third-order valence-electron chi connectivity index (χ3n) is 11.0. The van der Waals surface area contributed by atoms with E-state index in [2.05, 4.69) is 65.1 Å². The van der Waals surface area contributed by atoms with Crippen molar-refractivity contribution in [2.24, 2.45) is 4.99 Å². The van der Waals surface area contributed by atoms with E-state index < -0.39 is 11.1 Å². The topological polar surface area (TPSA) is 92.3 Å². The number of hydrogen-bond donors (Lipinski definition) is 2. The molecule has 13 heteroatoms. The maximum absolute atomic E-state index is 13.4. The van der Waals surface area contributed by atoms with Gasteiger partial charge in [0.1, 0.15) is 22.7 Å². The molecule has 0 bridgehead atoms. The van der Waals surface area contributed by atoms with Crippen molar-refractivity contribution >= 4 is 101 Å². The van der Waals surface area contributed by atoms with Crippen molar-refractivity contribution in [1.29, 1.82) is 0 Å². The summed E-state index contributed by atoms with van der Waals surface area (Å²) < 4.78 is 14.9. The Labute approximate surface area is 335 Å². The van der Waals surface area contributed by atoms with E-state index in [1.807, 2.05) is 54.6 Å². The second-order valence-electron chi connectivity index (χ2n) is 14.2. The van der Waals surface area contributed by atoms with Crippen molar-refractivity contribution in [3.05, 3.63) is 56.5 Å². The van der Waals surface area contributed by atoms with Gasteiger partial charge in [0, 0.05) is 40.0 Å². The molecule has 1 saturated heterocycles. The third-order valence-corrected chi connectivity index (χ3v) is 12.9. The van der Waals surface area contributed by atoms with Gasteiger partial charge in [-0.1, -0.05) is 91.9 Å². The van der Waals surface area contributed by atoms with Crippen LogP contribution in [0.25, 0.3) is 0 Å². The fraction of sp³-hybridized carbons (Fsp3) is 0.568. The van der Waals surface area contributed by atoms with Crippen molar-refractivity contribution in [3.8, 4) is 11.5 Å². The van der Waals surface area contributed by atoms with E-state index in [-0.39, 0.29) is 23.0 Å². The second kappa shape index (κ2) is 15.5. The van der Waals surface area contributed by atoms with E-state index in [1.54, 1.807) is 4.90 Å². The summed E-state index contributed by atoms with van der Waals surface area (Å²) in [5.41, 5.74) is -0.419. The van der Waals surface area contributed by atoms with E-state index in [0.29, 0.717) is 18.0 Å². The van der Waals surface area contributed by atoms with Crippen LogP contribution < -0.4 is 20.1 Å². The molecule has 2 aromatic rings. The minimum atomic E-state index is -0.838. The molecule has 4 aliphatic heterocycles. The standard InChI is InChI=1S/C19H23BrN2O2S.C17H19BrN2O2S.CH3I/c1-22-16(23)19(21-17(22)25-2)12-18(9-5-3-4-6-10-18)24-15-8-7-13(20)11-14(15)19;18-11-5-6-13-12(9-11)17(14(21)19-15(23)20-17)10-16(22-13)7-3-1-2-4-8-16;1-2/h7-8,11H,3-6,9-10,12H2,1-2H3;5-6,9H,1-4,7-8,10H2,(H2,19,20,21,23);1H3. The summed E-state index contributed by atoms with van der Waals surface area (Å²) in [6.07, 6.45) is 16.8. The number of amides is 2. The van der Waals surface area contributed by atoms with Crippen molar-refractivity contribution in [3.63, 3.8) is 0 Å². The van der Waals surface area contributed by atoms with Gasteiger partial charge in [-0.05, 0) is 111 Å². The number of thioether (sulfide) groups is 1. The van der Waals surface area contributed by atoms with Crippen LogP contribution in [0.1, 0.15) is 101 Å². The Morgan fingerprint density at radius 2 is 1.32 bits per heavy atom. The van der Waals surface area contributed by atoms with Gasteiger partial charge in [0.05, 0.1) is 0 Å². The van der Waals surface area contributed by atoms with Crippen LogP contribution >= 0.6 is 78.4 Å². The summed E-state index contributed by atoms with van der Waals surface area (Å²) in [5.74, 6) is 1.63. The Kier molecular flexibility index (Phi) is 11.9. The van der Waals surface area contributed by atoms with Gasteiger partial charge >= 0.3 is 0 Å². The smallest absolute Gasteiger partial charge is 0.261 e. The van der Waals surface area contributed by atoms with Crippen LogP contribution in [0.2, 0.25) is 0 Å². The van der Waals surface area contributed by atoms with E-state index >= 15 is 0 Å². The number of nitrogens with zero attached hydrogens (tertiary/aromatic N) is 2. The average Bonchev–Trinajstić information content (AvgIpc) is 3.30. The Morgan fingerprint density at radius 1 is 0.820 bits per heavy atom. The fourth-order valence-electron chi connectivity index (χ4n) is 8.75. The molecule has 6 aliphatic rings. The Bertz CT molecular complexity index is 1680. The Morgan fingerprint density at radius 3 is 1.80 bits per heavy atom. The molecule has 50 heavy (non-hydrogen) atoms. The van der Waals surface area contributed by atoms with Crippen LogP contribution in [0.4, 0.5) is 0 Å². The van der Waals surface area contributed by atoms with Gasteiger partial charge in [0.25, 0.3) is 11.8 Å². The molecule has 4 spiro atoms. The molecule has 2 aromatic carbocycles. The normalized spacial score (nSPS) is 27.3. The van der Waals surface area contributed by atoms with Gasteiger partial charge in [-0.25, -0.2) is 4.99 Å². The summed E-state index contributed by atoms with van der Waals surface area (Å²) in [7, 11) is 1.83. The van der Waals surface area contributed by atoms with Crippen LogP contribution in [-0.4, -0.2) is 56.4 Å². The van der Waals surface area contributed by atoms with Crippen molar-refractivity contribution in [2.45, 2.75) is 112 Å². The van der Waals surface area contributed by atoms with Crippen molar-refractivity contribution in [1.82, 2.24) is 15.5 Å². The average molecular weight is 961 g/mol. The molecule has 4 heterocycles. The molecule has 0 aromatic heterocycles. The number of rotatable bonds is 0. The first-order chi connectivity index (χ1) is 24.0. The lowest BCUT2D eigenvalue weighted by Crippen LogP contribution is -2.55. The van der Waals surface area contributed by atoms with Crippen molar-refractivity contribution in [2.75, 3.05) is 18.2 Å². The van der Waals surface area contributed by atoms with Gasteiger partial charge in [-0.3, -0.25) is 14.5 Å². The second-order valence-corrected chi connectivity index (χ2v) is 17.2. The quantitative estimate of drug-likeness (QED) is 0.155. The molecule has 0 radical (unpaired) electrons. The third kappa shape index (κ3) is 7.12. The summed E-state index contributed by atoms with van der Waals surface area (Å²) in [6.45, 7) is 0. The van der Waals surface area contributed by atoms with Crippen molar-refractivity contribution < 1.29 is 19.1 Å². The number of alkyl halides is 1. The number of carbonyl (C=O) groups excluding carboxylic acids is 2. The molecular formula is C37H45Br2IN4O4S2. The number of likely N-dealkylation sites (N-methyl/N-ethyl adjacent to an activating group) is 1. The number of nitrogens with one attached hydrogen (secondary N) is 2. The zero-order valence-corrected chi connectivity index (χ0v) is 35.8. The highest BCUT2D eigenvalue weighted by atomic mass is 127. The van der Waals surface area contributed by atoms with E-state index in [4.69, 9.17) is 26.7 Å². The predicted octanol–water partition coefficient (Wildman–Crippen LogP) is 9.29. The lowest BCUT2D eigenvalue weighted by atomic mass is 9.73. The number of benzene rings is 2. The lowest BCUT2D eigenvalue weighted by molar-refractivity contribution is -0.134. The minimum absolute atomic E-state index is 0.0613. The van der Waals surface area contributed by atoms with Gasteiger partial charge < -0.3 is 20.1 Å². The van der Waals surface area contributed by atoms with Crippen LogP contribution in [-0.2, 0) is 20.7 Å². The molecule has 8 nitrogen and oxygen atoms in total. The Balaban J connectivity index is 0.000000165. The molecule has 2 aliphatic carbocycles. The number of fused-ring (bicyclic) bond motifs is 4. The van der Waals surface area contributed by atoms with E-state index in [9.17, 15) is 9.59 Å². The summed E-state index contributed by atoms with van der Waals surface area (Å²) in [6, 6.07) is 11.9. The summed E-state index contributed by atoms with van der Waals surface area (Å²) in [5, 5.41) is 7.25. The maximum Gasteiger partial charge on any atom is 0.261 e. The van der Waals surface area contributed by atoms with Crippen LogP contribution in [0.15, 0.2) is 50.3 Å². The molecule has 2 N–H and O–H groups in total. The summed E-state index contributed by atoms with van der Waals surface area (Å²) in [4.78, 5) is 34.8. The van der Waals surface area contributed by atoms with Crippen LogP contribution in [0, 0.1) is 0 Å². The van der Waals surface area contributed by atoms with Gasteiger partial charge in [-0.2, -0.15) is 0 Å². The molecule has 2 amide bonds. The number of amidine groups is 1. The lowest BCUT2D eigenvalue weighted by Gasteiger charge is -2.46. The minimum Gasteiger partial charge on any atom is -0.487 e. The van der Waals surface area contributed by atoms with E-state index in [1.165, 1.54) is 37.4 Å². The van der Waals surface area contributed by atoms with Gasteiger partial charge in [-0.15, -0.1) is 0 Å². The summed E-state index contributed by atoms with van der Waals surface area (Å²) >= 11 is 16.0. The molecule has 2 saturated carbocycles. The number of carbonyl (C=O) groups is 2. The van der Waals surface area contributed by atoms with Gasteiger partial charge in [0.15, 0.2) is 21.4 Å². The molecule has 8 rings (SSSR count).